The molecule has 0 spiro atoms. The number of rotatable bonds is 4. The number of carbonyl (C=O) groups excluding carboxylic acids is 1. The first-order valence-corrected chi connectivity index (χ1v) is 4.35. The molecule has 0 bridgehead atoms. The van der Waals surface area contributed by atoms with Gasteiger partial charge in [-0.15, -0.1) is 0 Å². The van der Waals surface area contributed by atoms with Crippen molar-refractivity contribution in [2.75, 3.05) is 0 Å². The monoisotopic (exact) mass is 212 g/mol. The van der Waals surface area contributed by atoms with Gasteiger partial charge in [0.1, 0.15) is 6.61 Å². The maximum absolute atomic E-state index is 11.7. The van der Waals surface area contributed by atoms with E-state index in [0.29, 0.717) is 6.08 Å². The maximum Gasteiger partial charge on any atom is 0.330 e. The third kappa shape index (κ3) is 4.90. The number of hydrogen-bond acceptors (Lipinski definition) is 2. The number of benzene rings is 1. The molecule has 0 heterocycles. The Balaban J connectivity index is 2.35. The first kappa shape index (κ1) is 11.4. The minimum atomic E-state index is -2.63. The fourth-order valence-corrected chi connectivity index (χ4v) is 0.928. The zero-order valence-corrected chi connectivity index (χ0v) is 7.90. The second-order valence-corrected chi connectivity index (χ2v) is 2.79. The molecule has 80 valence electrons. The summed E-state index contributed by atoms with van der Waals surface area (Å²) in [4.78, 5) is 10.9. The predicted octanol–water partition coefficient (Wildman–Crippen LogP) is 2.55. The van der Waals surface area contributed by atoms with Crippen LogP contribution in [-0.2, 0) is 16.1 Å². The topological polar surface area (TPSA) is 26.3 Å². The van der Waals surface area contributed by atoms with Gasteiger partial charge < -0.3 is 4.74 Å². The summed E-state index contributed by atoms with van der Waals surface area (Å²) in [7, 11) is 0. The van der Waals surface area contributed by atoms with Crippen molar-refractivity contribution >= 4 is 5.97 Å². The van der Waals surface area contributed by atoms with E-state index in [1.165, 1.54) is 0 Å². The molecular weight excluding hydrogens is 202 g/mol. The number of hydrogen-bond donors (Lipinski definition) is 0. The lowest BCUT2D eigenvalue weighted by Gasteiger charge is -2.01. The minimum Gasteiger partial charge on any atom is -0.458 e. The highest BCUT2D eigenvalue weighted by molar-refractivity contribution is 5.81. The molecule has 2 nitrogen and oxygen atoms in total. The van der Waals surface area contributed by atoms with E-state index in [9.17, 15) is 13.6 Å². The van der Waals surface area contributed by atoms with Gasteiger partial charge >= 0.3 is 5.97 Å². The molecule has 0 fully saturated rings. The second kappa shape index (κ2) is 5.90. The SMILES string of the molecule is O=C(/C=C/C(F)F)OCc1ccccc1. The van der Waals surface area contributed by atoms with Crippen LogP contribution in [0.4, 0.5) is 8.78 Å². The van der Waals surface area contributed by atoms with Crippen molar-refractivity contribution in [2.45, 2.75) is 13.0 Å². The third-order valence-electron chi connectivity index (χ3n) is 1.60. The van der Waals surface area contributed by atoms with Gasteiger partial charge in [-0.3, -0.25) is 0 Å². The van der Waals surface area contributed by atoms with E-state index < -0.39 is 12.4 Å². The molecule has 1 aromatic rings. The Morgan fingerprint density at radius 1 is 1.33 bits per heavy atom. The third-order valence-corrected chi connectivity index (χ3v) is 1.60. The molecule has 1 rings (SSSR count). The average molecular weight is 212 g/mol. The first-order valence-electron chi connectivity index (χ1n) is 4.35. The lowest BCUT2D eigenvalue weighted by molar-refractivity contribution is -0.139. The van der Waals surface area contributed by atoms with Crippen molar-refractivity contribution in [3.05, 3.63) is 48.0 Å². The molecule has 0 aliphatic rings. The molecule has 15 heavy (non-hydrogen) atoms. The highest BCUT2D eigenvalue weighted by Crippen LogP contribution is 2.01. The summed E-state index contributed by atoms with van der Waals surface area (Å²) in [6, 6.07) is 9.01. The number of carbonyl (C=O) groups is 1. The fourth-order valence-electron chi connectivity index (χ4n) is 0.928. The minimum absolute atomic E-state index is 0.0905. The van der Waals surface area contributed by atoms with Crippen molar-refractivity contribution in [2.24, 2.45) is 0 Å². The molecule has 1 aromatic carbocycles. The molecule has 4 heteroatoms. The summed E-state index contributed by atoms with van der Waals surface area (Å²) in [6.45, 7) is 0.0905. The lowest BCUT2D eigenvalue weighted by Crippen LogP contribution is -2.01. The van der Waals surface area contributed by atoms with Gasteiger partial charge in [-0.05, 0) is 11.6 Å². The summed E-state index contributed by atoms with van der Waals surface area (Å²) in [6.07, 6.45) is -1.41. The van der Waals surface area contributed by atoms with Crippen LogP contribution in [0.15, 0.2) is 42.5 Å². The Morgan fingerprint density at radius 2 is 2.00 bits per heavy atom. The summed E-state index contributed by atoms with van der Waals surface area (Å²) in [5, 5.41) is 0. The van der Waals surface area contributed by atoms with Crippen LogP contribution in [0.1, 0.15) is 5.56 Å². The van der Waals surface area contributed by atoms with Crippen molar-refractivity contribution < 1.29 is 18.3 Å². The Kier molecular flexibility index (Phi) is 4.47. The predicted molar refractivity (Wildman–Crippen MR) is 51.4 cm³/mol. The quantitative estimate of drug-likeness (QED) is 0.566. The molecule has 0 aliphatic heterocycles. The van der Waals surface area contributed by atoms with Gasteiger partial charge in [-0.25, -0.2) is 13.6 Å². The zero-order chi connectivity index (χ0) is 11.1. The van der Waals surface area contributed by atoms with E-state index in [1.807, 2.05) is 6.07 Å². The van der Waals surface area contributed by atoms with Gasteiger partial charge in [0.2, 0.25) is 0 Å². The molecule has 0 unspecified atom stereocenters. The summed E-state index contributed by atoms with van der Waals surface area (Å²) < 4.78 is 28.0. The Bertz CT molecular complexity index is 334. The van der Waals surface area contributed by atoms with Gasteiger partial charge in [0.25, 0.3) is 6.43 Å². The normalized spacial score (nSPS) is 10.9. The summed E-state index contributed by atoms with van der Waals surface area (Å²) in [5.41, 5.74) is 0.816. The van der Waals surface area contributed by atoms with Crippen LogP contribution >= 0.6 is 0 Å². The molecule has 0 saturated heterocycles. The van der Waals surface area contributed by atoms with Crippen molar-refractivity contribution in [3.8, 4) is 0 Å². The van der Waals surface area contributed by atoms with Gasteiger partial charge in [0.15, 0.2) is 0 Å². The molecule has 0 radical (unpaired) electrons. The van der Waals surface area contributed by atoms with Gasteiger partial charge in [0, 0.05) is 6.08 Å². The van der Waals surface area contributed by atoms with Crippen LogP contribution in [0.3, 0.4) is 0 Å². The number of alkyl halides is 2. The molecule has 0 saturated carbocycles. The van der Waals surface area contributed by atoms with Crippen LogP contribution in [0.2, 0.25) is 0 Å². The van der Waals surface area contributed by atoms with Gasteiger partial charge in [-0.2, -0.15) is 0 Å². The largest absolute Gasteiger partial charge is 0.458 e. The maximum atomic E-state index is 11.7. The van der Waals surface area contributed by atoms with Crippen molar-refractivity contribution in [1.82, 2.24) is 0 Å². The molecule has 0 aromatic heterocycles. The fraction of sp³-hybridized carbons (Fsp3) is 0.182. The second-order valence-electron chi connectivity index (χ2n) is 2.79. The Morgan fingerprint density at radius 3 is 2.60 bits per heavy atom. The Labute approximate surface area is 86.2 Å². The van der Waals surface area contributed by atoms with Crippen LogP contribution < -0.4 is 0 Å². The number of allylic oxidation sites excluding steroid dienone is 1. The van der Waals surface area contributed by atoms with E-state index in [1.54, 1.807) is 24.3 Å². The number of halogens is 2. The molecular formula is C11H10F2O2. The molecule has 0 aliphatic carbocycles. The van der Waals surface area contributed by atoms with E-state index in [0.717, 1.165) is 11.6 Å². The van der Waals surface area contributed by atoms with Crippen molar-refractivity contribution in [3.63, 3.8) is 0 Å². The van der Waals surface area contributed by atoms with Crippen molar-refractivity contribution in [1.29, 1.82) is 0 Å². The number of ether oxygens (including phenoxy) is 1. The molecule has 0 atom stereocenters. The van der Waals surface area contributed by atoms with Crippen LogP contribution in [0.5, 0.6) is 0 Å². The highest BCUT2D eigenvalue weighted by atomic mass is 19.3. The standard InChI is InChI=1S/C11H10F2O2/c12-10(13)6-7-11(14)15-8-9-4-2-1-3-5-9/h1-7,10H,8H2/b7-6+. The van der Waals surface area contributed by atoms with Gasteiger partial charge in [-0.1, -0.05) is 30.3 Å². The van der Waals surface area contributed by atoms with Crippen LogP contribution in [0.25, 0.3) is 0 Å². The summed E-state index contributed by atoms with van der Waals surface area (Å²) >= 11 is 0. The van der Waals surface area contributed by atoms with Crippen LogP contribution in [0, 0.1) is 0 Å². The smallest absolute Gasteiger partial charge is 0.330 e. The highest BCUT2D eigenvalue weighted by Gasteiger charge is 2.00. The molecule has 0 N–H and O–H groups in total. The lowest BCUT2D eigenvalue weighted by atomic mass is 10.2. The van der Waals surface area contributed by atoms with E-state index >= 15 is 0 Å². The first-order chi connectivity index (χ1) is 7.18. The van der Waals surface area contributed by atoms with E-state index in [4.69, 9.17) is 4.74 Å². The number of esters is 1. The zero-order valence-electron chi connectivity index (χ0n) is 7.90. The Hall–Kier alpha value is -1.71. The van der Waals surface area contributed by atoms with E-state index in [2.05, 4.69) is 0 Å². The molecule has 0 amide bonds. The van der Waals surface area contributed by atoms with E-state index in [-0.39, 0.29) is 6.61 Å². The van der Waals surface area contributed by atoms with Gasteiger partial charge in [0.05, 0.1) is 0 Å². The summed E-state index contributed by atoms with van der Waals surface area (Å²) in [5.74, 6) is -0.765. The van der Waals surface area contributed by atoms with Crippen LogP contribution in [-0.4, -0.2) is 12.4 Å². The average Bonchev–Trinajstić information content (AvgIpc) is 2.25.